The number of rotatable bonds is 7. The van der Waals surface area contributed by atoms with Crippen molar-refractivity contribution >= 4 is 23.1 Å². The summed E-state index contributed by atoms with van der Waals surface area (Å²) in [6.07, 6.45) is 1.21. The highest BCUT2D eigenvalue weighted by molar-refractivity contribution is 6.30. The Morgan fingerprint density at radius 1 is 1.00 bits per heavy atom. The molecule has 0 aromatic heterocycles. The summed E-state index contributed by atoms with van der Waals surface area (Å²) in [7, 11) is 1.59. The van der Waals surface area contributed by atoms with E-state index >= 15 is 0 Å². The van der Waals surface area contributed by atoms with Crippen LogP contribution in [0.5, 0.6) is 11.5 Å². The minimum atomic E-state index is -1.01. The van der Waals surface area contributed by atoms with Gasteiger partial charge < -0.3 is 14.6 Å². The van der Waals surface area contributed by atoms with E-state index in [1.807, 2.05) is 42.5 Å². The van der Waals surface area contributed by atoms with Gasteiger partial charge in [0.1, 0.15) is 18.1 Å². The molecular weight excluding hydrogens is 376 g/mol. The van der Waals surface area contributed by atoms with E-state index in [1.54, 1.807) is 37.4 Å². The number of hydrogen-bond donors (Lipinski definition) is 1. The molecule has 0 aliphatic heterocycles. The van der Waals surface area contributed by atoms with Crippen molar-refractivity contribution in [2.75, 3.05) is 7.11 Å². The Labute approximate surface area is 168 Å². The topological polar surface area (TPSA) is 55.8 Å². The number of methoxy groups -OCH3 is 1. The Balaban J connectivity index is 2.01. The highest BCUT2D eigenvalue weighted by atomic mass is 35.5. The molecule has 28 heavy (non-hydrogen) atoms. The lowest BCUT2D eigenvalue weighted by Gasteiger charge is -2.16. The van der Waals surface area contributed by atoms with Gasteiger partial charge in [-0.3, -0.25) is 0 Å². The average Bonchev–Trinajstić information content (AvgIpc) is 2.72. The molecule has 0 aliphatic rings. The zero-order chi connectivity index (χ0) is 19.9. The third-order valence-corrected chi connectivity index (χ3v) is 4.42. The number of ether oxygens (including phenoxy) is 2. The molecule has 0 bridgehead atoms. The maximum Gasteiger partial charge on any atom is 0.328 e. The first-order chi connectivity index (χ1) is 13.6. The second kappa shape index (κ2) is 9.11. The van der Waals surface area contributed by atoms with Crippen LogP contribution in [0.15, 0.2) is 78.9 Å². The number of hydrogen-bond acceptors (Lipinski definition) is 3. The van der Waals surface area contributed by atoms with Gasteiger partial charge in [-0.05, 0) is 53.1 Å². The number of aliphatic carboxylic acids is 1. The highest BCUT2D eigenvalue weighted by Crippen LogP contribution is 2.30. The zero-order valence-electron chi connectivity index (χ0n) is 15.3. The molecule has 0 spiro atoms. The Morgan fingerprint density at radius 3 is 2.32 bits per heavy atom. The maximum absolute atomic E-state index is 11.5. The SMILES string of the molecule is COc1ccc(C(=CC(=O)O)c2ccccc2)c(COc2ccc(Cl)cc2)c1. The summed E-state index contributed by atoms with van der Waals surface area (Å²) in [6, 6.07) is 22.0. The first kappa shape index (κ1) is 19.5. The zero-order valence-corrected chi connectivity index (χ0v) is 16.0. The number of carboxylic acids is 1. The van der Waals surface area contributed by atoms with E-state index in [0.29, 0.717) is 22.1 Å². The smallest absolute Gasteiger partial charge is 0.328 e. The summed E-state index contributed by atoms with van der Waals surface area (Å²) >= 11 is 5.92. The van der Waals surface area contributed by atoms with Crippen LogP contribution in [0.3, 0.4) is 0 Å². The van der Waals surface area contributed by atoms with Crippen LogP contribution in [0.1, 0.15) is 16.7 Å². The summed E-state index contributed by atoms with van der Waals surface area (Å²) < 4.78 is 11.2. The molecule has 3 rings (SSSR count). The van der Waals surface area contributed by atoms with Crippen LogP contribution in [0.25, 0.3) is 5.57 Å². The Bertz CT molecular complexity index is 979. The molecule has 0 saturated carbocycles. The summed E-state index contributed by atoms with van der Waals surface area (Å²) in [5.74, 6) is 0.321. The van der Waals surface area contributed by atoms with Gasteiger partial charge in [-0.2, -0.15) is 0 Å². The molecule has 0 aliphatic carbocycles. The molecule has 0 radical (unpaired) electrons. The van der Waals surface area contributed by atoms with E-state index in [-0.39, 0.29) is 6.61 Å². The van der Waals surface area contributed by atoms with Crippen molar-refractivity contribution < 1.29 is 19.4 Å². The molecule has 1 N–H and O–H groups in total. The van der Waals surface area contributed by atoms with Gasteiger partial charge in [0.2, 0.25) is 0 Å². The van der Waals surface area contributed by atoms with Gasteiger partial charge in [0.05, 0.1) is 7.11 Å². The first-order valence-corrected chi connectivity index (χ1v) is 9.00. The van der Waals surface area contributed by atoms with Crippen molar-refractivity contribution in [3.63, 3.8) is 0 Å². The van der Waals surface area contributed by atoms with Crippen LogP contribution in [-0.2, 0) is 11.4 Å². The summed E-state index contributed by atoms with van der Waals surface area (Å²) in [4.78, 5) is 11.5. The van der Waals surface area contributed by atoms with E-state index < -0.39 is 5.97 Å². The fraction of sp³-hybridized carbons (Fsp3) is 0.0870. The van der Waals surface area contributed by atoms with Gasteiger partial charge >= 0.3 is 5.97 Å². The van der Waals surface area contributed by atoms with Crippen molar-refractivity contribution in [2.24, 2.45) is 0 Å². The van der Waals surface area contributed by atoms with Crippen LogP contribution in [-0.4, -0.2) is 18.2 Å². The van der Waals surface area contributed by atoms with Crippen molar-refractivity contribution in [1.82, 2.24) is 0 Å². The lowest BCUT2D eigenvalue weighted by Crippen LogP contribution is -2.03. The molecule has 0 unspecified atom stereocenters. The van der Waals surface area contributed by atoms with Gasteiger partial charge in [0.15, 0.2) is 0 Å². The summed E-state index contributed by atoms with van der Waals surface area (Å²) in [5, 5.41) is 10.0. The van der Waals surface area contributed by atoms with E-state index in [0.717, 1.165) is 16.7 Å². The Hall–Kier alpha value is -3.24. The molecule has 3 aromatic rings. The van der Waals surface area contributed by atoms with Crippen LogP contribution < -0.4 is 9.47 Å². The molecule has 3 aromatic carbocycles. The standard InChI is InChI=1S/C23H19ClO4/c1-27-20-11-12-21(22(14-23(25)26)16-5-3-2-4-6-16)17(13-20)15-28-19-9-7-18(24)8-10-19/h2-14H,15H2,1H3,(H,25,26). The molecule has 0 amide bonds. The van der Waals surface area contributed by atoms with Crippen LogP contribution in [0, 0.1) is 0 Å². The minimum absolute atomic E-state index is 0.248. The fourth-order valence-electron chi connectivity index (χ4n) is 2.83. The largest absolute Gasteiger partial charge is 0.497 e. The molecule has 0 fully saturated rings. The maximum atomic E-state index is 11.5. The second-order valence-corrected chi connectivity index (χ2v) is 6.46. The quantitative estimate of drug-likeness (QED) is 0.542. The normalized spacial score (nSPS) is 11.1. The van der Waals surface area contributed by atoms with Crippen LogP contribution >= 0.6 is 11.6 Å². The van der Waals surface area contributed by atoms with Crippen molar-refractivity contribution in [2.45, 2.75) is 6.61 Å². The van der Waals surface area contributed by atoms with Gasteiger partial charge in [0, 0.05) is 16.7 Å². The number of halogens is 1. The lowest BCUT2D eigenvalue weighted by atomic mass is 9.93. The first-order valence-electron chi connectivity index (χ1n) is 8.62. The number of carboxylic acid groups (broad SMARTS) is 1. The predicted octanol–water partition coefficient (Wildman–Crippen LogP) is 5.44. The molecule has 5 heteroatoms. The van der Waals surface area contributed by atoms with Gasteiger partial charge in [0.25, 0.3) is 0 Å². The van der Waals surface area contributed by atoms with E-state index in [1.165, 1.54) is 6.08 Å². The van der Waals surface area contributed by atoms with E-state index in [9.17, 15) is 9.90 Å². The number of carbonyl (C=O) groups is 1. The van der Waals surface area contributed by atoms with Gasteiger partial charge in [-0.1, -0.05) is 48.0 Å². The summed E-state index contributed by atoms with van der Waals surface area (Å²) in [5.41, 5.74) is 2.99. The van der Waals surface area contributed by atoms with Crippen LogP contribution in [0.4, 0.5) is 0 Å². The van der Waals surface area contributed by atoms with Crippen molar-refractivity contribution in [1.29, 1.82) is 0 Å². The molecule has 0 heterocycles. The minimum Gasteiger partial charge on any atom is -0.497 e. The molecular formula is C23H19ClO4. The molecule has 142 valence electrons. The third-order valence-electron chi connectivity index (χ3n) is 4.16. The Morgan fingerprint density at radius 2 is 1.68 bits per heavy atom. The Kier molecular flexibility index (Phi) is 6.35. The van der Waals surface area contributed by atoms with E-state index in [2.05, 4.69) is 0 Å². The average molecular weight is 395 g/mol. The lowest BCUT2D eigenvalue weighted by molar-refractivity contribution is -0.131. The van der Waals surface area contributed by atoms with Crippen molar-refractivity contribution in [3.8, 4) is 11.5 Å². The summed E-state index contributed by atoms with van der Waals surface area (Å²) in [6.45, 7) is 0.248. The van der Waals surface area contributed by atoms with Gasteiger partial charge in [-0.25, -0.2) is 4.79 Å². The van der Waals surface area contributed by atoms with Gasteiger partial charge in [-0.15, -0.1) is 0 Å². The van der Waals surface area contributed by atoms with Crippen LogP contribution in [0.2, 0.25) is 5.02 Å². The molecule has 0 saturated heterocycles. The monoisotopic (exact) mass is 394 g/mol. The predicted molar refractivity (Wildman–Crippen MR) is 110 cm³/mol. The highest BCUT2D eigenvalue weighted by Gasteiger charge is 2.14. The van der Waals surface area contributed by atoms with E-state index in [4.69, 9.17) is 21.1 Å². The third kappa shape index (κ3) is 4.93. The fourth-order valence-corrected chi connectivity index (χ4v) is 2.95. The molecule has 0 atom stereocenters. The second-order valence-electron chi connectivity index (χ2n) is 6.03. The molecule has 4 nitrogen and oxygen atoms in total. The van der Waals surface area contributed by atoms with Crippen molar-refractivity contribution in [3.05, 3.63) is 101 Å². The number of benzene rings is 3.